The number of anilines is 1. The summed E-state index contributed by atoms with van der Waals surface area (Å²) in [5, 5.41) is 21.3. The topological polar surface area (TPSA) is 112 Å². The van der Waals surface area contributed by atoms with Gasteiger partial charge in [-0.2, -0.15) is 0 Å². The van der Waals surface area contributed by atoms with E-state index in [1.807, 2.05) is 0 Å². The number of aliphatic hydroxyl groups is 2. The van der Waals surface area contributed by atoms with E-state index in [0.717, 1.165) is 26.1 Å². The van der Waals surface area contributed by atoms with Gasteiger partial charge in [-0.15, -0.1) is 24.8 Å². The first-order chi connectivity index (χ1) is 11.5. The number of nitrogens with two attached hydrogens (primary N) is 1. The van der Waals surface area contributed by atoms with E-state index in [0.29, 0.717) is 30.9 Å². The number of rotatable bonds is 12. The number of nitrogens with zero attached hydrogens (tertiary/aromatic N) is 2. The number of halogens is 3. The summed E-state index contributed by atoms with van der Waals surface area (Å²) in [6.45, 7) is 5.17. The Labute approximate surface area is 172 Å². The van der Waals surface area contributed by atoms with Gasteiger partial charge in [-0.05, 0) is 38.8 Å². The van der Waals surface area contributed by atoms with Gasteiger partial charge in [-0.1, -0.05) is 11.6 Å². The molecule has 152 valence electrons. The van der Waals surface area contributed by atoms with Crippen molar-refractivity contribution in [2.24, 2.45) is 5.73 Å². The number of nitrogens with one attached hydrogen (secondary N) is 1. The summed E-state index contributed by atoms with van der Waals surface area (Å²) in [7, 11) is 0. The molecule has 0 spiro atoms. The average molecular weight is 432 g/mol. The summed E-state index contributed by atoms with van der Waals surface area (Å²) < 4.78 is 0. The van der Waals surface area contributed by atoms with Crippen molar-refractivity contribution in [1.29, 1.82) is 0 Å². The number of pyridine rings is 1. The molecule has 1 aromatic rings. The molecule has 0 aliphatic carbocycles. The Hall–Kier alpha value is -0.830. The Morgan fingerprint density at radius 2 is 1.73 bits per heavy atom. The predicted octanol–water partition coefficient (Wildman–Crippen LogP) is 1.85. The van der Waals surface area contributed by atoms with Crippen molar-refractivity contribution in [3.8, 4) is 0 Å². The molecule has 0 bridgehead atoms. The summed E-state index contributed by atoms with van der Waals surface area (Å²) in [6.07, 6.45) is 2.27. The quantitative estimate of drug-likeness (QED) is 0.376. The molecule has 0 aliphatic heterocycles. The number of hydrogen-bond donors (Lipinski definition) is 4. The Morgan fingerprint density at radius 1 is 1.19 bits per heavy atom. The Morgan fingerprint density at radius 3 is 2.23 bits per heavy atom. The maximum Gasteiger partial charge on any atom is 0.250 e. The second-order valence-corrected chi connectivity index (χ2v) is 5.99. The Kier molecular flexibility index (Phi) is 16.1. The molecule has 1 rings (SSSR count). The molecule has 5 N–H and O–H groups in total. The fraction of sp³-hybridized carbons (Fsp3) is 0.625. The first-order valence-electron chi connectivity index (χ1n) is 8.14. The SMILES string of the molecule is Cc1cc(C(N)=O)c(Cl)c(NCCCN(CCCO)CCCO)n1.Cl.Cl. The van der Waals surface area contributed by atoms with Gasteiger partial charge in [0, 0.05) is 38.5 Å². The van der Waals surface area contributed by atoms with Crippen molar-refractivity contribution in [3.05, 3.63) is 22.3 Å². The summed E-state index contributed by atoms with van der Waals surface area (Å²) >= 11 is 6.16. The van der Waals surface area contributed by atoms with Crippen LogP contribution >= 0.6 is 36.4 Å². The third kappa shape index (κ3) is 9.75. The van der Waals surface area contributed by atoms with Crippen LogP contribution in [-0.4, -0.2) is 65.4 Å². The van der Waals surface area contributed by atoms with E-state index < -0.39 is 5.91 Å². The lowest BCUT2D eigenvalue weighted by atomic mass is 10.2. The van der Waals surface area contributed by atoms with Gasteiger partial charge in [-0.3, -0.25) is 4.79 Å². The smallest absolute Gasteiger partial charge is 0.250 e. The first kappa shape index (κ1) is 27.4. The van der Waals surface area contributed by atoms with Gasteiger partial charge >= 0.3 is 0 Å². The average Bonchev–Trinajstić information content (AvgIpc) is 2.55. The van der Waals surface area contributed by atoms with Crippen LogP contribution in [0.5, 0.6) is 0 Å². The van der Waals surface area contributed by atoms with Crippen molar-refractivity contribution < 1.29 is 15.0 Å². The van der Waals surface area contributed by atoms with E-state index >= 15 is 0 Å². The van der Waals surface area contributed by atoms with Crippen LogP contribution in [0.2, 0.25) is 5.02 Å². The molecule has 7 nitrogen and oxygen atoms in total. The lowest BCUT2D eigenvalue weighted by molar-refractivity contribution is 0.1000. The number of aromatic nitrogens is 1. The monoisotopic (exact) mass is 430 g/mol. The molecule has 0 atom stereocenters. The minimum Gasteiger partial charge on any atom is -0.396 e. The molecule has 0 saturated carbocycles. The van der Waals surface area contributed by atoms with Crippen LogP contribution in [0, 0.1) is 6.92 Å². The number of primary amides is 1. The number of aliphatic hydroxyl groups excluding tert-OH is 2. The third-order valence-corrected chi connectivity index (χ3v) is 3.94. The Bertz CT molecular complexity index is 528. The number of carbonyl (C=O) groups is 1. The zero-order valence-electron chi connectivity index (χ0n) is 14.9. The highest BCUT2D eigenvalue weighted by Gasteiger charge is 2.13. The van der Waals surface area contributed by atoms with Gasteiger partial charge in [0.05, 0.1) is 10.6 Å². The van der Waals surface area contributed by atoms with Crippen molar-refractivity contribution in [2.75, 3.05) is 44.7 Å². The minimum absolute atomic E-state index is 0. The van der Waals surface area contributed by atoms with Crippen LogP contribution in [-0.2, 0) is 0 Å². The van der Waals surface area contributed by atoms with Gasteiger partial charge in [0.1, 0.15) is 5.82 Å². The van der Waals surface area contributed by atoms with Crippen LogP contribution < -0.4 is 11.1 Å². The first-order valence-corrected chi connectivity index (χ1v) is 8.52. The van der Waals surface area contributed by atoms with Gasteiger partial charge in [0.25, 0.3) is 0 Å². The molecule has 0 fully saturated rings. The van der Waals surface area contributed by atoms with Crippen LogP contribution in [0.1, 0.15) is 35.3 Å². The zero-order valence-corrected chi connectivity index (χ0v) is 17.3. The minimum atomic E-state index is -0.576. The number of hydrogen-bond acceptors (Lipinski definition) is 6. The van der Waals surface area contributed by atoms with Crippen molar-refractivity contribution in [2.45, 2.75) is 26.2 Å². The standard InChI is InChI=1S/C16H27ClN4O3.2ClH/c1-12-11-13(15(18)24)14(17)16(20-12)19-5-2-6-21(7-3-9-22)8-4-10-23;;/h11,22-23H,2-10H2,1H3,(H2,18,24)(H,19,20);2*1H. The molecule has 0 radical (unpaired) electrons. The van der Waals surface area contributed by atoms with Gasteiger partial charge in [0.2, 0.25) is 5.91 Å². The molecule has 1 heterocycles. The summed E-state index contributed by atoms with van der Waals surface area (Å²) in [5.74, 6) is -0.115. The van der Waals surface area contributed by atoms with Crippen molar-refractivity contribution in [1.82, 2.24) is 9.88 Å². The molecule has 0 aromatic carbocycles. The highest BCUT2D eigenvalue weighted by molar-refractivity contribution is 6.36. The molecule has 26 heavy (non-hydrogen) atoms. The molecule has 0 aliphatic rings. The van der Waals surface area contributed by atoms with Crippen LogP contribution in [0.25, 0.3) is 0 Å². The molecule has 1 aromatic heterocycles. The summed E-state index contributed by atoms with van der Waals surface area (Å²) in [4.78, 5) is 17.9. The van der Waals surface area contributed by atoms with Crippen molar-refractivity contribution >= 4 is 48.1 Å². The van der Waals surface area contributed by atoms with E-state index in [9.17, 15) is 4.79 Å². The summed E-state index contributed by atoms with van der Waals surface area (Å²) in [5.41, 5.74) is 6.25. The number of aryl methyl sites for hydroxylation is 1. The maximum atomic E-state index is 11.4. The molecule has 0 saturated heterocycles. The number of amides is 1. The van der Waals surface area contributed by atoms with Crippen LogP contribution in [0.15, 0.2) is 6.07 Å². The van der Waals surface area contributed by atoms with Gasteiger partial charge in [0.15, 0.2) is 0 Å². The molecule has 10 heteroatoms. The second-order valence-electron chi connectivity index (χ2n) is 5.61. The largest absolute Gasteiger partial charge is 0.396 e. The molecule has 0 unspecified atom stereocenters. The van der Waals surface area contributed by atoms with Crippen molar-refractivity contribution in [3.63, 3.8) is 0 Å². The highest BCUT2D eigenvalue weighted by Crippen LogP contribution is 2.24. The second kappa shape index (κ2) is 15.2. The highest BCUT2D eigenvalue weighted by atomic mass is 35.5. The number of carbonyl (C=O) groups excluding carboxylic acids is 1. The fourth-order valence-corrected chi connectivity index (χ4v) is 2.64. The van der Waals surface area contributed by atoms with Gasteiger partial charge in [-0.25, -0.2) is 4.98 Å². The Balaban J connectivity index is 0. The van der Waals surface area contributed by atoms with E-state index in [4.69, 9.17) is 27.5 Å². The summed E-state index contributed by atoms with van der Waals surface area (Å²) in [6, 6.07) is 1.57. The predicted molar refractivity (Wildman–Crippen MR) is 110 cm³/mol. The van der Waals surface area contributed by atoms with E-state index in [2.05, 4.69) is 15.2 Å². The third-order valence-electron chi connectivity index (χ3n) is 3.56. The van der Waals surface area contributed by atoms with E-state index in [1.165, 1.54) is 0 Å². The van der Waals surface area contributed by atoms with Crippen LogP contribution in [0.3, 0.4) is 0 Å². The van der Waals surface area contributed by atoms with E-state index in [1.54, 1.807) is 13.0 Å². The molecule has 1 amide bonds. The normalized spacial score (nSPS) is 10.2. The zero-order chi connectivity index (χ0) is 17.9. The van der Waals surface area contributed by atoms with E-state index in [-0.39, 0.29) is 48.6 Å². The van der Waals surface area contributed by atoms with Crippen LogP contribution in [0.4, 0.5) is 5.82 Å². The molecular formula is C16H29Cl3N4O3. The fourth-order valence-electron chi connectivity index (χ4n) is 2.39. The lowest BCUT2D eigenvalue weighted by Crippen LogP contribution is -2.29. The molecular weight excluding hydrogens is 403 g/mol. The van der Waals surface area contributed by atoms with Gasteiger partial charge < -0.3 is 26.2 Å². The lowest BCUT2D eigenvalue weighted by Gasteiger charge is -2.21. The maximum absolute atomic E-state index is 11.4.